The Morgan fingerprint density at radius 2 is 2.03 bits per heavy atom. The van der Waals surface area contributed by atoms with Crippen LogP contribution in [-0.4, -0.2) is 65.1 Å². The molecule has 2 saturated heterocycles. The average Bonchev–Trinajstić information content (AvgIpc) is 3.39. The Morgan fingerprint density at radius 1 is 1.26 bits per heavy atom. The Bertz CT molecular complexity index is 1190. The minimum atomic E-state index is -0.146. The van der Waals surface area contributed by atoms with Gasteiger partial charge in [0.05, 0.1) is 11.6 Å². The van der Waals surface area contributed by atoms with E-state index in [1.165, 1.54) is 0 Å². The topological polar surface area (TPSA) is 92.2 Å². The van der Waals surface area contributed by atoms with Crippen molar-refractivity contribution in [1.82, 2.24) is 24.7 Å². The van der Waals surface area contributed by atoms with Crippen molar-refractivity contribution in [3.05, 3.63) is 27.6 Å². The number of hydrogen-bond donors (Lipinski definition) is 1. The molecular weight excluding hydrogens is 418 g/mol. The van der Waals surface area contributed by atoms with Gasteiger partial charge in [-0.15, -0.1) is 0 Å². The molecule has 1 N–H and O–H groups in total. The van der Waals surface area contributed by atoms with Gasteiger partial charge in [-0.2, -0.15) is 10.1 Å². The fourth-order valence-electron chi connectivity index (χ4n) is 4.68. The van der Waals surface area contributed by atoms with Gasteiger partial charge in [-0.3, -0.25) is 14.5 Å². The lowest BCUT2D eigenvalue weighted by Gasteiger charge is -2.39. The number of hydrogen-bond acceptors (Lipinski definition) is 7. The Morgan fingerprint density at radius 3 is 2.71 bits per heavy atom. The Balaban J connectivity index is 1.54. The SMILES string of the molecule is CN(C)c1nccc(-c2n[nH]c3nc(N4CCC5(CCOC5)CC4)n(C)c(=O)c23)c1Cl. The Hall–Kier alpha value is -2.65. The molecule has 31 heavy (non-hydrogen) atoms. The van der Waals surface area contributed by atoms with Crippen molar-refractivity contribution in [3.8, 4) is 11.3 Å². The van der Waals surface area contributed by atoms with Crippen molar-refractivity contribution < 1.29 is 4.74 Å². The summed E-state index contributed by atoms with van der Waals surface area (Å²) in [4.78, 5) is 26.5. The molecule has 0 atom stereocenters. The number of rotatable bonds is 3. The first-order valence-electron chi connectivity index (χ1n) is 10.5. The van der Waals surface area contributed by atoms with Crippen LogP contribution in [0.4, 0.5) is 11.8 Å². The Labute approximate surface area is 185 Å². The van der Waals surface area contributed by atoms with Crippen LogP contribution in [0.2, 0.25) is 5.02 Å². The monoisotopic (exact) mass is 443 g/mol. The Kier molecular flexibility index (Phi) is 4.90. The lowest BCUT2D eigenvalue weighted by Crippen LogP contribution is -2.43. The highest BCUT2D eigenvalue weighted by molar-refractivity contribution is 6.36. The predicted molar refractivity (Wildman–Crippen MR) is 121 cm³/mol. The first-order valence-corrected chi connectivity index (χ1v) is 10.9. The molecule has 5 rings (SSSR count). The van der Waals surface area contributed by atoms with E-state index in [0.717, 1.165) is 45.6 Å². The van der Waals surface area contributed by atoms with E-state index in [4.69, 9.17) is 21.3 Å². The van der Waals surface area contributed by atoms with Crippen LogP contribution in [-0.2, 0) is 11.8 Å². The summed E-state index contributed by atoms with van der Waals surface area (Å²) < 4.78 is 7.25. The summed E-state index contributed by atoms with van der Waals surface area (Å²) in [5.41, 5.74) is 1.76. The fourth-order valence-corrected chi connectivity index (χ4v) is 5.05. The number of pyridine rings is 1. The van der Waals surface area contributed by atoms with Crippen molar-refractivity contribution in [1.29, 1.82) is 0 Å². The van der Waals surface area contributed by atoms with Crippen LogP contribution in [0.15, 0.2) is 17.1 Å². The standard InChI is InChI=1S/C21H26ClN7O2/c1-27(2)18-15(22)13(4-8-23-18)16-14-17(26-25-16)24-20(28(3)19(14)30)29-9-5-21(6-10-29)7-11-31-12-21/h4,8H,5-7,9-12H2,1-3H3,(H,25,26). The third kappa shape index (κ3) is 3.27. The molecule has 1 spiro atoms. The smallest absolute Gasteiger partial charge is 0.266 e. The first-order chi connectivity index (χ1) is 14.9. The highest BCUT2D eigenvalue weighted by Crippen LogP contribution is 2.40. The number of aromatic amines is 1. The number of fused-ring (bicyclic) bond motifs is 1. The van der Waals surface area contributed by atoms with E-state index < -0.39 is 0 Å². The number of piperidine rings is 1. The number of nitrogens with zero attached hydrogens (tertiary/aromatic N) is 6. The normalized spacial score (nSPS) is 18.3. The molecule has 2 aliphatic rings. The van der Waals surface area contributed by atoms with Crippen LogP contribution in [0.25, 0.3) is 22.3 Å². The van der Waals surface area contributed by atoms with E-state index >= 15 is 0 Å². The van der Waals surface area contributed by atoms with E-state index in [2.05, 4.69) is 20.1 Å². The molecule has 0 amide bonds. The maximum Gasteiger partial charge on any atom is 0.266 e. The fraction of sp³-hybridized carbons (Fsp3) is 0.524. The summed E-state index contributed by atoms with van der Waals surface area (Å²) in [6, 6.07) is 1.77. The van der Waals surface area contributed by atoms with Gasteiger partial charge in [-0.05, 0) is 30.7 Å². The zero-order chi connectivity index (χ0) is 21.8. The molecule has 164 valence electrons. The van der Waals surface area contributed by atoms with Crippen LogP contribution in [0.1, 0.15) is 19.3 Å². The molecule has 0 aromatic carbocycles. The number of ether oxygens (including phenoxy) is 1. The van der Waals surface area contributed by atoms with Gasteiger partial charge in [-0.25, -0.2) is 4.98 Å². The summed E-state index contributed by atoms with van der Waals surface area (Å²) in [7, 11) is 5.51. The molecule has 0 unspecified atom stereocenters. The molecule has 3 aromatic rings. The molecule has 0 bridgehead atoms. The number of H-pyrrole nitrogens is 1. The molecule has 3 aromatic heterocycles. The van der Waals surface area contributed by atoms with Gasteiger partial charge in [0.1, 0.15) is 16.9 Å². The highest BCUT2D eigenvalue weighted by Gasteiger charge is 2.38. The zero-order valence-electron chi connectivity index (χ0n) is 18.0. The van der Waals surface area contributed by atoms with E-state index in [1.807, 2.05) is 19.0 Å². The number of nitrogens with one attached hydrogen (secondary N) is 1. The maximum atomic E-state index is 13.4. The predicted octanol–water partition coefficient (Wildman–Crippen LogP) is 2.44. The molecular formula is C21H26ClN7O2. The van der Waals surface area contributed by atoms with Crippen molar-refractivity contribution in [3.63, 3.8) is 0 Å². The molecule has 2 fully saturated rings. The lowest BCUT2D eigenvalue weighted by atomic mass is 9.78. The molecule has 10 heteroatoms. The summed E-state index contributed by atoms with van der Waals surface area (Å²) >= 11 is 6.59. The molecule has 2 aliphatic heterocycles. The minimum Gasteiger partial charge on any atom is -0.381 e. The highest BCUT2D eigenvalue weighted by atomic mass is 35.5. The zero-order valence-corrected chi connectivity index (χ0v) is 18.7. The second-order valence-corrected chi connectivity index (χ2v) is 9.13. The second-order valence-electron chi connectivity index (χ2n) is 8.75. The van der Waals surface area contributed by atoms with Crippen molar-refractivity contribution in [2.45, 2.75) is 19.3 Å². The van der Waals surface area contributed by atoms with E-state index in [0.29, 0.717) is 44.5 Å². The van der Waals surface area contributed by atoms with E-state index in [9.17, 15) is 4.79 Å². The number of anilines is 2. The number of halogens is 1. The summed E-state index contributed by atoms with van der Waals surface area (Å²) in [5.74, 6) is 1.28. The molecule has 9 nitrogen and oxygen atoms in total. The van der Waals surface area contributed by atoms with Gasteiger partial charge in [-0.1, -0.05) is 11.6 Å². The van der Waals surface area contributed by atoms with E-state index in [1.54, 1.807) is 23.9 Å². The quantitative estimate of drug-likeness (QED) is 0.664. The molecule has 0 aliphatic carbocycles. The maximum absolute atomic E-state index is 13.4. The second kappa shape index (κ2) is 7.49. The summed E-state index contributed by atoms with van der Waals surface area (Å²) in [6.45, 7) is 3.42. The van der Waals surface area contributed by atoms with Crippen molar-refractivity contribution in [2.75, 3.05) is 50.2 Å². The third-order valence-electron chi connectivity index (χ3n) is 6.62. The minimum absolute atomic E-state index is 0.146. The van der Waals surface area contributed by atoms with Crippen LogP contribution in [0.3, 0.4) is 0 Å². The van der Waals surface area contributed by atoms with Gasteiger partial charge in [0.25, 0.3) is 5.56 Å². The van der Waals surface area contributed by atoms with Gasteiger partial charge in [0, 0.05) is 52.6 Å². The number of aromatic nitrogens is 5. The molecule has 0 saturated carbocycles. The average molecular weight is 444 g/mol. The molecule has 5 heterocycles. The first kappa shape index (κ1) is 20.3. The largest absolute Gasteiger partial charge is 0.381 e. The summed E-state index contributed by atoms with van der Waals surface area (Å²) in [5, 5.41) is 8.23. The molecule has 0 radical (unpaired) electrons. The van der Waals surface area contributed by atoms with Crippen molar-refractivity contribution in [2.24, 2.45) is 12.5 Å². The van der Waals surface area contributed by atoms with Crippen LogP contribution in [0.5, 0.6) is 0 Å². The van der Waals surface area contributed by atoms with Gasteiger partial charge >= 0.3 is 0 Å². The van der Waals surface area contributed by atoms with Crippen LogP contribution in [0, 0.1) is 5.41 Å². The summed E-state index contributed by atoms with van der Waals surface area (Å²) in [6.07, 6.45) is 4.89. The van der Waals surface area contributed by atoms with Gasteiger partial charge < -0.3 is 14.5 Å². The van der Waals surface area contributed by atoms with Crippen LogP contribution < -0.4 is 15.4 Å². The lowest BCUT2D eigenvalue weighted by molar-refractivity contribution is 0.133. The van der Waals surface area contributed by atoms with Crippen molar-refractivity contribution >= 4 is 34.4 Å². The van der Waals surface area contributed by atoms with E-state index in [-0.39, 0.29) is 5.56 Å². The third-order valence-corrected chi connectivity index (χ3v) is 6.99. The van der Waals surface area contributed by atoms with Gasteiger partial charge in [0.2, 0.25) is 5.95 Å². The van der Waals surface area contributed by atoms with Gasteiger partial charge in [0.15, 0.2) is 5.65 Å². The van der Waals surface area contributed by atoms with Crippen LogP contribution >= 0.6 is 11.6 Å².